The molecule has 1 N–H and O–H groups in total. The van der Waals surface area contributed by atoms with E-state index >= 15 is 0 Å². The quantitative estimate of drug-likeness (QED) is 0.806. The van der Waals surface area contributed by atoms with Gasteiger partial charge in [-0.2, -0.15) is 0 Å². The summed E-state index contributed by atoms with van der Waals surface area (Å²) >= 11 is 0. The van der Waals surface area contributed by atoms with E-state index in [0.717, 1.165) is 25.9 Å². The molecule has 0 radical (unpaired) electrons. The molecular weight excluding hydrogens is 266 g/mol. The Balaban J connectivity index is 1.88. The van der Waals surface area contributed by atoms with Crippen LogP contribution in [0.1, 0.15) is 25.3 Å². The van der Waals surface area contributed by atoms with Gasteiger partial charge >= 0.3 is 0 Å². The topological polar surface area (TPSA) is 54.5 Å². The number of carbonyl (C=O) groups excluding carboxylic acids is 1. The zero-order valence-electron chi connectivity index (χ0n) is 12.9. The second kappa shape index (κ2) is 8.10. The first-order valence-corrected chi connectivity index (χ1v) is 7.60. The van der Waals surface area contributed by atoms with Crippen LogP contribution in [0, 0.1) is 5.92 Å². The highest BCUT2D eigenvalue weighted by Crippen LogP contribution is 2.23. The molecule has 1 amide bonds. The number of amides is 1. The summed E-state index contributed by atoms with van der Waals surface area (Å²) in [6.07, 6.45) is 5.70. The zero-order chi connectivity index (χ0) is 15.1. The number of nitrogens with zero attached hydrogens (tertiary/aromatic N) is 2. The lowest BCUT2D eigenvalue weighted by atomic mass is 9.92. The molecule has 1 aliphatic heterocycles. The van der Waals surface area contributed by atoms with Crippen LogP contribution in [0.2, 0.25) is 0 Å². The molecule has 1 fully saturated rings. The van der Waals surface area contributed by atoms with Crippen LogP contribution >= 0.6 is 0 Å². The lowest BCUT2D eigenvalue weighted by Crippen LogP contribution is -2.46. The fourth-order valence-corrected chi connectivity index (χ4v) is 2.76. The van der Waals surface area contributed by atoms with Crippen LogP contribution in [0.15, 0.2) is 24.5 Å². The highest BCUT2D eigenvalue weighted by Gasteiger charge is 2.29. The maximum Gasteiger partial charge on any atom is 0.224 e. The minimum absolute atomic E-state index is 0.0785. The van der Waals surface area contributed by atoms with Gasteiger partial charge in [-0.05, 0) is 31.4 Å². The zero-order valence-corrected chi connectivity index (χ0v) is 12.9. The molecule has 0 spiro atoms. The third-order valence-corrected chi connectivity index (χ3v) is 4.10. The minimum Gasteiger partial charge on any atom is -0.383 e. The van der Waals surface area contributed by atoms with Crippen molar-refractivity contribution in [3.05, 3.63) is 30.1 Å². The van der Waals surface area contributed by atoms with E-state index in [1.54, 1.807) is 13.3 Å². The van der Waals surface area contributed by atoms with Crippen molar-refractivity contribution < 1.29 is 9.53 Å². The Morgan fingerprint density at radius 1 is 1.52 bits per heavy atom. The lowest BCUT2D eigenvalue weighted by molar-refractivity contribution is -0.127. The summed E-state index contributed by atoms with van der Waals surface area (Å²) in [6.45, 7) is 5.05. The molecule has 1 aromatic heterocycles. The molecule has 0 saturated carbocycles. The first-order valence-electron chi connectivity index (χ1n) is 7.60. The minimum atomic E-state index is 0.0785. The number of methoxy groups -OCH3 is 1. The van der Waals surface area contributed by atoms with Crippen LogP contribution in [0.5, 0.6) is 0 Å². The number of piperidine rings is 1. The van der Waals surface area contributed by atoms with Crippen molar-refractivity contribution in [1.29, 1.82) is 0 Å². The Kier molecular flexibility index (Phi) is 6.14. The van der Waals surface area contributed by atoms with Gasteiger partial charge in [-0.1, -0.05) is 6.07 Å². The van der Waals surface area contributed by atoms with E-state index in [1.807, 2.05) is 12.3 Å². The van der Waals surface area contributed by atoms with E-state index in [9.17, 15) is 4.79 Å². The lowest BCUT2D eigenvalue weighted by Gasteiger charge is -2.37. The number of ether oxygens (including phenoxy) is 1. The third kappa shape index (κ3) is 4.79. The fraction of sp³-hybridized carbons (Fsp3) is 0.625. The summed E-state index contributed by atoms with van der Waals surface area (Å²) in [5, 5.41) is 2.95. The number of likely N-dealkylation sites (tertiary alicyclic amines) is 1. The van der Waals surface area contributed by atoms with Crippen molar-refractivity contribution in [2.24, 2.45) is 5.92 Å². The van der Waals surface area contributed by atoms with Gasteiger partial charge in [0, 0.05) is 45.2 Å². The Morgan fingerprint density at radius 2 is 2.38 bits per heavy atom. The van der Waals surface area contributed by atoms with Crippen LogP contribution in [0.25, 0.3) is 0 Å². The normalized spacial score (nSPS) is 23.0. The van der Waals surface area contributed by atoms with Gasteiger partial charge in [-0.3, -0.25) is 14.7 Å². The van der Waals surface area contributed by atoms with Gasteiger partial charge < -0.3 is 10.1 Å². The maximum absolute atomic E-state index is 12.2. The van der Waals surface area contributed by atoms with Crippen molar-refractivity contribution in [3.8, 4) is 0 Å². The van der Waals surface area contributed by atoms with Crippen molar-refractivity contribution in [2.75, 3.05) is 26.8 Å². The number of hydrogen-bond donors (Lipinski definition) is 1. The van der Waals surface area contributed by atoms with E-state index in [0.29, 0.717) is 19.2 Å². The van der Waals surface area contributed by atoms with Gasteiger partial charge in [0.05, 0.1) is 12.5 Å². The van der Waals surface area contributed by atoms with Gasteiger partial charge in [0.1, 0.15) is 0 Å². The van der Waals surface area contributed by atoms with E-state index < -0.39 is 0 Å². The van der Waals surface area contributed by atoms with Crippen molar-refractivity contribution in [1.82, 2.24) is 15.2 Å². The SMILES string of the molecule is COCCNC(=O)C1CCC(C)N(Cc2cccnc2)C1. The molecule has 1 aromatic rings. The number of nitrogens with one attached hydrogen (secondary N) is 1. The molecule has 21 heavy (non-hydrogen) atoms. The largest absolute Gasteiger partial charge is 0.383 e. The molecule has 1 saturated heterocycles. The molecule has 0 aromatic carbocycles. The molecule has 2 rings (SSSR count). The second-order valence-electron chi connectivity index (χ2n) is 5.70. The summed E-state index contributed by atoms with van der Waals surface area (Å²) in [6, 6.07) is 4.55. The number of hydrogen-bond acceptors (Lipinski definition) is 4. The van der Waals surface area contributed by atoms with Crippen molar-refractivity contribution in [2.45, 2.75) is 32.4 Å². The predicted molar refractivity (Wildman–Crippen MR) is 81.7 cm³/mol. The average molecular weight is 291 g/mol. The summed E-state index contributed by atoms with van der Waals surface area (Å²) in [4.78, 5) is 18.7. The number of carbonyl (C=O) groups is 1. The predicted octanol–water partition coefficient (Wildman–Crippen LogP) is 1.44. The Hall–Kier alpha value is -1.46. The summed E-state index contributed by atoms with van der Waals surface area (Å²) < 4.78 is 4.96. The van der Waals surface area contributed by atoms with Crippen LogP contribution in [0.4, 0.5) is 0 Å². The molecule has 0 bridgehead atoms. The standard InChI is InChI=1S/C16H25N3O2/c1-13-5-6-15(16(20)18-8-9-21-2)12-19(13)11-14-4-3-7-17-10-14/h3-4,7,10,13,15H,5-6,8-9,11-12H2,1-2H3,(H,18,20). The summed E-state index contributed by atoms with van der Waals surface area (Å²) in [7, 11) is 1.64. The monoisotopic (exact) mass is 291 g/mol. The first-order chi connectivity index (χ1) is 10.2. The maximum atomic E-state index is 12.2. The molecule has 1 aliphatic rings. The molecule has 116 valence electrons. The van der Waals surface area contributed by atoms with Crippen LogP contribution in [0.3, 0.4) is 0 Å². The van der Waals surface area contributed by atoms with Gasteiger partial charge in [-0.25, -0.2) is 0 Å². The Labute approximate surface area is 126 Å². The van der Waals surface area contributed by atoms with Crippen molar-refractivity contribution in [3.63, 3.8) is 0 Å². The molecule has 5 heteroatoms. The van der Waals surface area contributed by atoms with Crippen LogP contribution < -0.4 is 5.32 Å². The molecule has 5 nitrogen and oxygen atoms in total. The third-order valence-electron chi connectivity index (χ3n) is 4.10. The number of aromatic nitrogens is 1. The van der Waals surface area contributed by atoms with E-state index in [2.05, 4.69) is 28.2 Å². The molecular formula is C16H25N3O2. The fourth-order valence-electron chi connectivity index (χ4n) is 2.76. The number of pyridine rings is 1. The van der Waals surface area contributed by atoms with Gasteiger partial charge in [-0.15, -0.1) is 0 Å². The van der Waals surface area contributed by atoms with E-state index in [1.165, 1.54) is 5.56 Å². The van der Waals surface area contributed by atoms with Crippen LogP contribution in [-0.4, -0.2) is 48.6 Å². The van der Waals surface area contributed by atoms with E-state index in [4.69, 9.17) is 4.74 Å². The van der Waals surface area contributed by atoms with Gasteiger partial charge in [0.2, 0.25) is 5.91 Å². The molecule has 2 atom stereocenters. The van der Waals surface area contributed by atoms with Gasteiger partial charge in [0.15, 0.2) is 0 Å². The smallest absolute Gasteiger partial charge is 0.224 e. The second-order valence-corrected chi connectivity index (χ2v) is 5.70. The average Bonchev–Trinajstić information content (AvgIpc) is 2.50. The Bertz CT molecular complexity index is 438. The highest BCUT2D eigenvalue weighted by atomic mass is 16.5. The summed E-state index contributed by atoms with van der Waals surface area (Å²) in [5.74, 6) is 0.227. The van der Waals surface area contributed by atoms with Crippen molar-refractivity contribution >= 4 is 5.91 Å². The Morgan fingerprint density at radius 3 is 3.10 bits per heavy atom. The van der Waals surface area contributed by atoms with Crippen LogP contribution in [-0.2, 0) is 16.1 Å². The molecule has 2 unspecified atom stereocenters. The number of rotatable bonds is 6. The first kappa shape index (κ1) is 15.9. The summed E-state index contributed by atoms with van der Waals surface area (Å²) in [5.41, 5.74) is 1.20. The molecule has 0 aliphatic carbocycles. The van der Waals surface area contributed by atoms with E-state index in [-0.39, 0.29) is 11.8 Å². The van der Waals surface area contributed by atoms with Gasteiger partial charge in [0.25, 0.3) is 0 Å². The molecule has 2 heterocycles. The highest BCUT2D eigenvalue weighted by molar-refractivity contribution is 5.78.